The standard InChI is InChI=1S/C17H24ClN2O9PS/c1-16(2,9-21)14(23)31-7-6-26-30(25)27-8-10-12(29-30)17(3,18)13(28-10)20-5-4-11(22)19-15(20)24/h4-5,10,12-13,21H,6-9H2,1-3H3,(H,19,22,24)/t10-,12-,13-,17-,30-/m1/s1. The summed E-state index contributed by atoms with van der Waals surface area (Å²) in [6.45, 7) is 4.25. The summed E-state index contributed by atoms with van der Waals surface area (Å²) in [7, 11) is -3.99. The molecule has 0 radical (unpaired) electrons. The Hall–Kier alpha value is -0.980. The zero-order valence-corrected chi connectivity index (χ0v) is 19.6. The fraction of sp³-hybridized carbons (Fsp3) is 0.706. The number of aromatic amines is 1. The third-order valence-corrected chi connectivity index (χ3v) is 7.97. The van der Waals surface area contributed by atoms with E-state index in [2.05, 4.69) is 4.98 Å². The third-order valence-electron chi connectivity index (χ3n) is 4.94. The minimum atomic E-state index is -3.99. The van der Waals surface area contributed by atoms with Crippen LogP contribution >= 0.6 is 31.2 Å². The summed E-state index contributed by atoms with van der Waals surface area (Å²) >= 11 is 7.58. The summed E-state index contributed by atoms with van der Waals surface area (Å²) in [4.78, 5) is 36.3. The van der Waals surface area contributed by atoms with Crippen molar-refractivity contribution in [2.24, 2.45) is 5.41 Å². The number of hydrogen-bond acceptors (Lipinski definition) is 10. The number of phosphoric ester groups is 1. The van der Waals surface area contributed by atoms with Gasteiger partial charge >= 0.3 is 13.5 Å². The SMILES string of the molecule is CC(C)(CO)C(=O)SCCO[P@]1(=O)OC[C@H]2O[C@@H](n3ccc(=O)[nH]c3=O)[C@](C)(Cl)[C@@H]2O1. The van der Waals surface area contributed by atoms with E-state index in [9.17, 15) is 24.1 Å². The predicted molar refractivity (Wildman–Crippen MR) is 112 cm³/mol. The van der Waals surface area contributed by atoms with Crippen LogP contribution in [0.3, 0.4) is 0 Å². The van der Waals surface area contributed by atoms with Crippen molar-refractivity contribution < 1.29 is 32.8 Å². The maximum atomic E-state index is 12.9. The van der Waals surface area contributed by atoms with E-state index >= 15 is 0 Å². The normalized spacial score (nSPS) is 33.3. The van der Waals surface area contributed by atoms with Gasteiger partial charge in [0.05, 0.1) is 25.2 Å². The van der Waals surface area contributed by atoms with Crippen molar-refractivity contribution >= 4 is 36.3 Å². The number of aliphatic hydroxyl groups excluding tert-OH is 1. The molecule has 5 atom stereocenters. The first-order valence-electron chi connectivity index (χ1n) is 9.41. The average Bonchev–Trinajstić information content (AvgIpc) is 2.95. The lowest BCUT2D eigenvalue weighted by atomic mass is 9.97. The van der Waals surface area contributed by atoms with Gasteiger partial charge in [-0.25, -0.2) is 9.36 Å². The Labute approximate surface area is 187 Å². The molecule has 3 rings (SSSR count). The van der Waals surface area contributed by atoms with Crippen LogP contribution in [-0.4, -0.2) is 62.4 Å². The number of alkyl halides is 1. The van der Waals surface area contributed by atoms with E-state index < -0.39 is 47.8 Å². The van der Waals surface area contributed by atoms with Gasteiger partial charge in [-0.05, 0) is 20.8 Å². The highest BCUT2D eigenvalue weighted by atomic mass is 35.5. The Morgan fingerprint density at radius 2 is 2.23 bits per heavy atom. The largest absolute Gasteiger partial charge is 0.475 e. The third kappa shape index (κ3) is 5.17. The summed E-state index contributed by atoms with van der Waals surface area (Å²) < 4.78 is 35.9. The van der Waals surface area contributed by atoms with Gasteiger partial charge in [0.15, 0.2) is 11.3 Å². The topological polar surface area (TPSA) is 146 Å². The van der Waals surface area contributed by atoms with Crippen LogP contribution in [0.4, 0.5) is 0 Å². The monoisotopic (exact) mass is 498 g/mol. The number of carbonyl (C=O) groups is 1. The summed E-state index contributed by atoms with van der Waals surface area (Å²) in [6.07, 6.45) is -1.42. The number of halogens is 1. The minimum absolute atomic E-state index is 0.102. The molecule has 0 unspecified atom stereocenters. The number of aliphatic hydroxyl groups is 1. The van der Waals surface area contributed by atoms with Crippen LogP contribution < -0.4 is 11.2 Å². The Kier molecular flexibility index (Phi) is 7.24. The van der Waals surface area contributed by atoms with Gasteiger partial charge in [0, 0.05) is 18.0 Å². The summed E-state index contributed by atoms with van der Waals surface area (Å²) in [6, 6.07) is 1.15. The molecule has 1 aromatic rings. The van der Waals surface area contributed by atoms with E-state index in [1.165, 1.54) is 6.20 Å². The van der Waals surface area contributed by atoms with E-state index in [1.54, 1.807) is 20.8 Å². The number of aromatic nitrogens is 2. The molecule has 2 aliphatic heterocycles. The summed E-state index contributed by atoms with van der Waals surface area (Å²) in [5.74, 6) is 0.178. The molecule has 2 aliphatic rings. The van der Waals surface area contributed by atoms with Gasteiger partial charge in [-0.3, -0.25) is 32.7 Å². The van der Waals surface area contributed by atoms with Crippen molar-refractivity contribution in [1.29, 1.82) is 0 Å². The number of nitrogens with zero attached hydrogens (tertiary/aromatic N) is 1. The van der Waals surface area contributed by atoms with Gasteiger partial charge in [0.1, 0.15) is 17.1 Å². The molecule has 0 bridgehead atoms. The van der Waals surface area contributed by atoms with Crippen LogP contribution in [0.25, 0.3) is 0 Å². The molecule has 174 valence electrons. The molecule has 3 heterocycles. The molecular weight excluding hydrogens is 475 g/mol. The fourth-order valence-corrected chi connectivity index (χ4v) is 5.87. The van der Waals surface area contributed by atoms with Crippen LogP contribution in [0, 0.1) is 5.41 Å². The van der Waals surface area contributed by atoms with E-state index in [1.807, 2.05) is 0 Å². The highest BCUT2D eigenvalue weighted by Gasteiger charge is 2.60. The zero-order valence-electron chi connectivity index (χ0n) is 17.1. The molecule has 0 aromatic carbocycles. The second-order valence-electron chi connectivity index (χ2n) is 7.98. The Morgan fingerprint density at radius 3 is 2.87 bits per heavy atom. The lowest BCUT2D eigenvalue weighted by molar-refractivity contribution is -0.119. The van der Waals surface area contributed by atoms with Gasteiger partial charge in [0.25, 0.3) is 5.56 Å². The number of nitrogens with one attached hydrogen (secondary N) is 1. The number of hydrogen-bond donors (Lipinski definition) is 2. The lowest BCUT2D eigenvalue weighted by Gasteiger charge is -2.34. The first kappa shape index (κ1) is 24.7. The smallest absolute Gasteiger partial charge is 0.395 e. The highest BCUT2D eigenvalue weighted by molar-refractivity contribution is 8.13. The summed E-state index contributed by atoms with van der Waals surface area (Å²) in [5.41, 5.74) is -2.17. The number of fused-ring (bicyclic) bond motifs is 1. The van der Waals surface area contributed by atoms with Crippen molar-refractivity contribution in [1.82, 2.24) is 9.55 Å². The second kappa shape index (κ2) is 9.11. The number of carbonyl (C=O) groups excluding carboxylic acids is 1. The molecule has 14 heteroatoms. The maximum Gasteiger partial charge on any atom is 0.475 e. The van der Waals surface area contributed by atoms with Crippen LogP contribution in [-0.2, 0) is 27.7 Å². The van der Waals surface area contributed by atoms with Crippen molar-refractivity contribution in [2.75, 3.05) is 25.6 Å². The van der Waals surface area contributed by atoms with Crippen molar-refractivity contribution in [3.63, 3.8) is 0 Å². The highest BCUT2D eigenvalue weighted by Crippen LogP contribution is 2.59. The van der Waals surface area contributed by atoms with Gasteiger partial charge in [0.2, 0.25) is 0 Å². The Bertz CT molecular complexity index is 994. The van der Waals surface area contributed by atoms with Gasteiger partial charge in [-0.2, -0.15) is 0 Å². The first-order valence-corrected chi connectivity index (χ1v) is 12.2. The second-order valence-corrected chi connectivity index (χ2v) is 11.5. The number of H-pyrrole nitrogens is 1. The van der Waals surface area contributed by atoms with Crippen LogP contribution in [0.5, 0.6) is 0 Å². The quantitative estimate of drug-likeness (QED) is 0.320. The molecular formula is C17H24ClN2O9PS. The van der Waals surface area contributed by atoms with Gasteiger partial charge in [-0.15, -0.1) is 11.6 Å². The lowest BCUT2D eigenvalue weighted by Crippen LogP contribution is -2.45. The van der Waals surface area contributed by atoms with Gasteiger partial charge in [-0.1, -0.05) is 11.8 Å². The molecule has 31 heavy (non-hydrogen) atoms. The maximum absolute atomic E-state index is 12.9. The van der Waals surface area contributed by atoms with Crippen molar-refractivity contribution in [3.8, 4) is 0 Å². The van der Waals surface area contributed by atoms with Gasteiger partial charge < -0.3 is 9.84 Å². The molecule has 0 aliphatic carbocycles. The number of rotatable bonds is 7. The van der Waals surface area contributed by atoms with Crippen LogP contribution in [0.15, 0.2) is 21.9 Å². The van der Waals surface area contributed by atoms with E-state index in [0.29, 0.717) is 0 Å². The molecule has 2 fully saturated rings. The molecule has 0 spiro atoms. The molecule has 1 aromatic heterocycles. The van der Waals surface area contributed by atoms with Crippen LogP contribution in [0.1, 0.15) is 27.0 Å². The fourth-order valence-electron chi connectivity index (χ4n) is 3.07. The Morgan fingerprint density at radius 1 is 1.52 bits per heavy atom. The van der Waals surface area contributed by atoms with E-state index in [-0.39, 0.29) is 30.7 Å². The number of thioether (sulfide) groups is 1. The predicted octanol–water partition coefficient (Wildman–Crippen LogP) is 1.25. The molecule has 11 nitrogen and oxygen atoms in total. The molecule has 2 N–H and O–H groups in total. The summed E-state index contributed by atoms with van der Waals surface area (Å²) in [5, 5.41) is 9.00. The Balaban J connectivity index is 1.64. The molecule has 0 saturated carbocycles. The van der Waals surface area contributed by atoms with E-state index in [0.717, 1.165) is 22.4 Å². The van der Waals surface area contributed by atoms with Crippen molar-refractivity contribution in [2.45, 2.75) is 44.1 Å². The molecule has 2 saturated heterocycles. The van der Waals surface area contributed by atoms with Crippen molar-refractivity contribution in [3.05, 3.63) is 33.1 Å². The van der Waals surface area contributed by atoms with Crippen LogP contribution in [0.2, 0.25) is 0 Å². The number of ether oxygens (including phenoxy) is 1. The average molecular weight is 499 g/mol. The molecule has 0 amide bonds. The minimum Gasteiger partial charge on any atom is -0.395 e. The number of phosphoric acid groups is 1. The van der Waals surface area contributed by atoms with E-state index in [4.69, 9.17) is 29.9 Å². The zero-order chi connectivity index (χ0) is 23.0. The first-order chi connectivity index (χ1) is 14.4.